The van der Waals surface area contributed by atoms with Crippen LogP contribution in [-0.2, 0) is 0 Å². The minimum atomic E-state index is -0.307. The molecule has 0 heterocycles. The molecule has 66 valence electrons. The van der Waals surface area contributed by atoms with Gasteiger partial charge in [-0.15, -0.1) is 0 Å². The van der Waals surface area contributed by atoms with Crippen molar-refractivity contribution in [2.45, 2.75) is 0 Å². The van der Waals surface area contributed by atoms with Crippen molar-refractivity contribution in [2.75, 3.05) is 6.73 Å². The Hall–Kier alpha value is -1.86. The molecule has 3 N–H and O–H groups in total. The van der Waals surface area contributed by atoms with Gasteiger partial charge in [0.15, 0.2) is 0 Å². The Kier molecular flexibility index (Phi) is 3.01. The van der Waals surface area contributed by atoms with Crippen molar-refractivity contribution < 1.29 is 5.11 Å². The number of aliphatic hydroxyl groups is 1. The molecular weight excluding hydrogens is 166 g/mol. The largest absolute Gasteiger partial charge is 0.377 e. The second kappa shape index (κ2) is 4.24. The normalized spacial score (nSPS) is 8.92. The molecule has 0 radical (unpaired) electrons. The second-order valence-electron chi connectivity index (χ2n) is 2.37. The Labute approximate surface area is 75.9 Å². The summed E-state index contributed by atoms with van der Waals surface area (Å²) in [6.07, 6.45) is 0. The standard InChI is InChI=1S/C9H9N3O/c10-5-7-3-1-2-4-8(7)9(11)12-6-13/h1-4,13H,6H2,(H2,11,12). The lowest BCUT2D eigenvalue weighted by Gasteiger charge is -2.05. The summed E-state index contributed by atoms with van der Waals surface area (Å²) >= 11 is 0. The number of hydrogen-bond donors (Lipinski definition) is 3. The number of nitrogens with one attached hydrogen (secondary N) is 2. The molecule has 0 unspecified atom stereocenters. The highest BCUT2D eigenvalue weighted by molar-refractivity contribution is 5.98. The molecule has 13 heavy (non-hydrogen) atoms. The lowest BCUT2D eigenvalue weighted by molar-refractivity contribution is 0.286. The molecule has 1 aromatic carbocycles. The molecule has 4 heteroatoms. The second-order valence-corrected chi connectivity index (χ2v) is 2.37. The van der Waals surface area contributed by atoms with Crippen molar-refractivity contribution in [3.63, 3.8) is 0 Å². The quantitative estimate of drug-likeness (QED) is 0.346. The van der Waals surface area contributed by atoms with Crippen LogP contribution in [0.25, 0.3) is 0 Å². The third-order valence-electron chi connectivity index (χ3n) is 1.57. The van der Waals surface area contributed by atoms with Crippen LogP contribution in [0.15, 0.2) is 24.3 Å². The van der Waals surface area contributed by atoms with E-state index < -0.39 is 0 Å². The first kappa shape index (κ1) is 9.23. The highest BCUT2D eigenvalue weighted by Crippen LogP contribution is 2.06. The smallest absolute Gasteiger partial charge is 0.128 e. The van der Waals surface area contributed by atoms with Crippen molar-refractivity contribution in [2.24, 2.45) is 0 Å². The first-order valence-corrected chi connectivity index (χ1v) is 3.72. The zero-order valence-electron chi connectivity index (χ0n) is 6.91. The Morgan fingerprint density at radius 1 is 1.54 bits per heavy atom. The molecule has 0 atom stereocenters. The molecule has 0 aliphatic rings. The number of benzene rings is 1. The zero-order valence-corrected chi connectivity index (χ0v) is 6.91. The summed E-state index contributed by atoms with van der Waals surface area (Å²) in [6, 6.07) is 8.73. The number of nitrogens with zero attached hydrogens (tertiary/aromatic N) is 1. The van der Waals surface area contributed by atoms with E-state index in [1.807, 2.05) is 6.07 Å². The fraction of sp³-hybridized carbons (Fsp3) is 0.111. The van der Waals surface area contributed by atoms with E-state index in [4.69, 9.17) is 15.8 Å². The van der Waals surface area contributed by atoms with E-state index in [0.29, 0.717) is 11.1 Å². The molecule has 0 aliphatic heterocycles. The van der Waals surface area contributed by atoms with Crippen LogP contribution in [0.2, 0.25) is 0 Å². The van der Waals surface area contributed by atoms with Gasteiger partial charge in [0.25, 0.3) is 0 Å². The maximum absolute atomic E-state index is 8.70. The summed E-state index contributed by atoms with van der Waals surface area (Å²) in [5, 5.41) is 27.1. The van der Waals surface area contributed by atoms with Crippen LogP contribution in [0.4, 0.5) is 0 Å². The first-order valence-electron chi connectivity index (χ1n) is 3.72. The number of hydrogen-bond acceptors (Lipinski definition) is 3. The van der Waals surface area contributed by atoms with Crippen LogP contribution < -0.4 is 5.32 Å². The molecule has 0 amide bonds. The first-order chi connectivity index (χ1) is 6.29. The van der Waals surface area contributed by atoms with E-state index in [1.54, 1.807) is 24.3 Å². The third-order valence-corrected chi connectivity index (χ3v) is 1.57. The van der Waals surface area contributed by atoms with E-state index in [2.05, 4.69) is 5.32 Å². The molecular formula is C9H9N3O. The summed E-state index contributed by atoms with van der Waals surface area (Å²) in [5.41, 5.74) is 0.924. The van der Waals surface area contributed by atoms with E-state index in [-0.39, 0.29) is 12.6 Å². The molecule has 1 aromatic rings. The maximum atomic E-state index is 8.70. The molecule has 4 nitrogen and oxygen atoms in total. The van der Waals surface area contributed by atoms with Gasteiger partial charge in [-0.05, 0) is 12.1 Å². The summed E-state index contributed by atoms with van der Waals surface area (Å²) in [7, 11) is 0. The van der Waals surface area contributed by atoms with Gasteiger partial charge < -0.3 is 10.4 Å². The highest BCUT2D eigenvalue weighted by atomic mass is 16.3. The van der Waals surface area contributed by atoms with Gasteiger partial charge in [-0.3, -0.25) is 5.41 Å². The molecule has 0 saturated heterocycles. The van der Waals surface area contributed by atoms with Gasteiger partial charge in [0.2, 0.25) is 0 Å². The van der Waals surface area contributed by atoms with E-state index in [0.717, 1.165) is 0 Å². The lowest BCUT2D eigenvalue weighted by Crippen LogP contribution is -2.24. The van der Waals surface area contributed by atoms with E-state index in [9.17, 15) is 0 Å². The van der Waals surface area contributed by atoms with Crippen molar-refractivity contribution in [3.8, 4) is 6.07 Å². The van der Waals surface area contributed by atoms with Crippen LogP contribution in [0.5, 0.6) is 0 Å². The number of amidine groups is 1. The zero-order chi connectivity index (χ0) is 9.68. The van der Waals surface area contributed by atoms with E-state index >= 15 is 0 Å². The average Bonchev–Trinajstić information content (AvgIpc) is 2.18. The highest BCUT2D eigenvalue weighted by Gasteiger charge is 2.04. The Balaban J connectivity index is 3.01. The summed E-state index contributed by atoms with van der Waals surface area (Å²) in [5.74, 6) is 0.0552. The molecule has 0 aromatic heterocycles. The number of nitriles is 1. The predicted octanol–water partition coefficient (Wildman–Crippen LogP) is 0.423. The number of rotatable bonds is 2. The van der Waals surface area contributed by atoms with Gasteiger partial charge >= 0.3 is 0 Å². The topological polar surface area (TPSA) is 79.9 Å². The van der Waals surface area contributed by atoms with Crippen LogP contribution in [0.1, 0.15) is 11.1 Å². The molecule has 1 rings (SSSR count). The molecule has 0 aliphatic carbocycles. The Bertz CT molecular complexity index is 354. The van der Waals surface area contributed by atoms with Gasteiger partial charge in [-0.25, -0.2) is 0 Å². The van der Waals surface area contributed by atoms with Crippen LogP contribution in [-0.4, -0.2) is 17.7 Å². The van der Waals surface area contributed by atoms with Gasteiger partial charge in [0.05, 0.1) is 11.6 Å². The molecule has 0 spiro atoms. The van der Waals surface area contributed by atoms with Crippen LogP contribution >= 0.6 is 0 Å². The van der Waals surface area contributed by atoms with Gasteiger partial charge in [0.1, 0.15) is 12.6 Å². The Morgan fingerprint density at radius 3 is 2.85 bits per heavy atom. The summed E-state index contributed by atoms with van der Waals surface area (Å²) in [6.45, 7) is -0.307. The van der Waals surface area contributed by atoms with Crippen molar-refractivity contribution in [1.29, 1.82) is 10.7 Å². The minimum absolute atomic E-state index is 0.0552. The third kappa shape index (κ3) is 2.04. The SMILES string of the molecule is N#Cc1ccccc1C(=N)NCO. The van der Waals surface area contributed by atoms with Crippen molar-refractivity contribution in [1.82, 2.24) is 5.32 Å². The van der Waals surface area contributed by atoms with Gasteiger partial charge in [0, 0.05) is 5.56 Å². The monoisotopic (exact) mass is 175 g/mol. The van der Waals surface area contributed by atoms with Gasteiger partial charge in [-0.2, -0.15) is 5.26 Å². The summed E-state index contributed by atoms with van der Waals surface area (Å²) in [4.78, 5) is 0. The molecule has 0 fully saturated rings. The molecule has 0 saturated carbocycles. The van der Waals surface area contributed by atoms with Crippen molar-refractivity contribution in [3.05, 3.63) is 35.4 Å². The van der Waals surface area contributed by atoms with Gasteiger partial charge in [-0.1, -0.05) is 12.1 Å². The fourth-order valence-electron chi connectivity index (χ4n) is 0.973. The predicted molar refractivity (Wildman–Crippen MR) is 48.2 cm³/mol. The average molecular weight is 175 g/mol. The number of aliphatic hydroxyl groups excluding tert-OH is 1. The maximum Gasteiger partial charge on any atom is 0.128 e. The lowest BCUT2D eigenvalue weighted by atomic mass is 10.1. The van der Waals surface area contributed by atoms with E-state index in [1.165, 1.54) is 0 Å². The Morgan fingerprint density at radius 2 is 2.23 bits per heavy atom. The minimum Gasteiger partial charge on any atom is -0.377 e. The van der Waals surface area contributed by atoms with Crippen LogP contribution in [0, 0.1) is 16.7 Å². The van der Waals surface area contributed by atoms with Crippen molar-refractivity contribution >= 4 is 5.84 Å². The molecule has 0 bridgehead atoms. The summed E-state index contributed by atoms with van der Waals surface area (Å²) < 4.78 is 0. The fourth-order valence-corrected chi connectivity index (χ4v) is 0.973. The van der Waals surface area contributed by atoms with Crippen LogP contribution in [0.3, 0.4) is 0 Å².